The molecule has 1 aliphatic rings. The van der Waals surface area contributed by atoms with E-state index in [-0.39, 0.29) is 5.56 Å². The first-order valence-electron chi connectivity index (χ1n) is 9.77. The minimum Gasteiger partial charge on any atom is -0.303 e. The van der Waals surface area contributed by atoms with Crippen molar-refractivity contribution in [1.29, 1.82) is 0 Å². The summed E-state index contributed by atoms with van der Waals surface area (Å²) in [6.45, 7) is 3.61. The number of benzene rings is 2. The van der Waals surface area contributed by atoms with E-state index in [1.807, 2.05) is 30.3 Å². The molecule has 1 aromatic heterocycles. The SMILES string of the molecule is O=c1ccc(-c2ccc(CCN3CCCCC3)cc2)nn1-c1ccccc1. The van der Waals surface area contributed by atoms with Crippen LogP contribution >= 0.6 is 0 Å². The van der Waals surface area contributed by atoms with E-state index in [1.165, 1.54) is 42.6 Å². The number of hydrogen-bond donors (Lipinski definition) is 0. The first kappa shape index (κ1) is 17.7. The van der Waals surface area contributed by atoms with Crippen LogP contribution in [-0.4, -0.2) is 34.3 Å². The van der Waals surface area contributed by atoms with Crippen LogP contribution in [0.1, 0.15) is 24.8 Å². The summed E-state index contributed by atoms with van der Waals surface area (Å²) in [6.07, 6.45) is 5.13. The Morgan fingerprint density at radius 1 is 0.815 bits per heavy atom. The second-order valence-corrected chi connectivity index (χ2v) is 7.15. The van der Waals surface area contributed by atoms with Gasteiger partial charge in [0.05, 0.1) is 11.4 Å². The third-order valence-corrected chi connectivity index (χ3v) is 5.22. The maximum atomic E-state index is 12.2. The molecule has 0 amide bonds. The van der Waals surface area contributed by atoms with Crippen molar-refractivity contribution in [2.45, 2.75) is 25.7 Å². The first-order chi connectivity index (χ1) is 13.3. The summed E-state index contributed by atoms with van der Waals surface area (Å²) in [5.74, 6) is 0. The van der Waals surface area contributed by atoms with Gasteiger partial charge in [0.2, 0.25) is 0 Å². The Hall–Kier alpha value is -2.72. The number of piperidine rings is 1. The van der Waals surface area contributed by atoms with Crippen molar-refractivity contribution in [3.8, 4) is 16.9 Å². The lowest BCUT2D eigenvalue weighted by molar-refractivity contribution is 0.231. The molecule has 0 bridgehead atoms. The topological polar surface area (TPSA) is 38.1 Å². The van der Waals surface area contributed by atoms with Gasteiger partial charge in [0.15, 0.2) is 0 Å². The van der Waals surface area contributed by atoms with Crippen molar-refractivity contribution < 1.29 is 0 Å². The highest BCUT2D eigenvalue weighted by Gasteiger charge is 2.10. The van der Waals surface area contributed by atoms with Gasteiger partial charge < -0.3 is 4.90 Å². The lowest BCUT2D eigenvalue weighted by Gasteiger charge is -2.26. The number of para-hydroxylation sites is 1. The van der Waals surface area contributed by atoms with E-state index in [4.69, 9.17) is 0 Å². The first-order valence-corrected chi connectivity index (χ1v) is 9.77. The van der Waals surface area contributed by atoms with Gasteiger partial charge >= 0.3 is 0 Å². The second kappa shape index (κ2) is 8.31. The van der Waals surface area contributed by atoms with Crippen molar-refractivity contribution in [2.75, 3.05) is 19.6 Å². The molecule has 0 aliphatic carbocycles. The van der Waals surface area contributed by atoms with E-state index in [0.29, 0.717) is 0 Å². The van der Waals surface area contributed by atoms with Crippen LogP contribution in [0.15, 0.2) is 71.5 Å². The molecule has 2 aromatic carbocycles. The molecule has 1 saturated heterocycles. The second-order valence-electron chi connectivity index (χ2n) is 7.15. The monoisotopic (exact) mass is 359 g/mol. The average molecular weight is 359 g/mol. The average Bonchev–Trinajstić information content (AvgIpc) is 2.74. The highest BCUT2D eigenvalue weighted by molar-refractivity contribution is 5.59. The molecule has 27 heavy (non-hydrogen) atoms. The molecule has 3 aromatic rings. The smallest absolute Gasteiger partial charge is 0.271 e. The predicted molar refractivity (Wildman–Crippen MR) is 109 cm³/mol. The van der Waals surface area contributed by atoms with Crippen LogP contribution in [-0.2, 0) is 6.42 Å². The molecule has 0 atom stereocenters. The van der Waals surface area contributed by atoms with Gasteiger partial charge in [0, 0.05) is 18.2 Å². The molecular formula is C23H25N3O. The van der Waals surface area contributed by atoms with Crippen molar-refractivity contribution in [3.63, 3.8) is 0 Å². The van der Waals surface area contributed by atoms with Crippen LogP contribution in [0.2, 0.25) is 0 Å². The Balaban J connectivity index is 1.49. The summed E-state index contributed by atoms with van der Waals surface area (Å²) in [7, 11) is 0. The van der Waals surface area contributed by atoms with E-state index in [0.717, 1.165) is 29.9 Å². The van der Waals surface area contributed by atoms with Crippen molar-refractivity contribution in [2.24, 2.45) is 0 Å². The Labute approximate surface area is 160 Å². The summed E-state index contributed by atoms with van der Waals surface area (Å²) in [5.41, 5.74) is 3.84. The van der Waals surface area contributed by atoms with Crippen LogP contribution < -0.4 is 5.56 Å². The van der Waals surface area contributed by atoms with Gasteiger partial charge in [-0.2, -0.15) is 9.78 Å². The molecule has 0 unspecified atom stereocenters. The van der Waals surface area contributed by atoms with Gasteiger partial charge in [0.25, 0.3) is 5.56 Å². The van der Waals surface area contributed by atoms with E-state index < -0.39 is 0 Å². The molecule has 0 radical (unpaired) electrons. The molecular weight excluding hydrogens is 334 g/mol. The van der Waals surface area contributed by atoms with E-state index in [9.17, 15) is 4.79 Å². The third-order valence-electron chi connectivity index (χ3n) is 5.22. The van der Waals surface area contributed by atoms with Crippen molar-refractivity contribution >= 4 is 0 Å². The van der Waals surface area contributed by atoms with Gasteiger partial charge in [-0.25, -0.2) is 0 Å². The fraction of sp³-hybridized carbons (Fsp3) is 0.304. The molecule has 4 rings (SSSR count). The van der Waals surface area contributed by atoms with Crippen LogP contribution in [0, 0.1) is 0 Å². The van der Waals surface area contributed by atoms with Gasteiger partial charge in [-0.3, -0.25) is 4.79 Å². The zero-order valence-electron chi connectivity index (χ0n) is 15.6. The highest BCUT2D eigenvalue weighted by Crippen LogP contribution is 2.18. The van der Waals surface area contributed by atoms with Crippen molar-refractivity contribution in [1.82, 2.24) is 14.7 Å². The molecule has 0 N–H and O–H groups in total. The summed E-state index contributed by atoms with van der Waals surface area (Å²) in [4.78, 5) is 14.8. The molecule has 138 valence electrons. The minimum atomic E-state index is -0.122. The van der Waals surface area contributed by atoms with Gasteiger partial charge in [-0.15, -0.1) is 0 Å². The maximum Gasteiger partial charge on any atom is 0.271 e. The van der Waals surface area contributed by atoms with Gasteiger partial charge in [-0.05, 0) is 56.1 Å². The quantitative estimate of drug-likeness (QED) is 0.693. The lowest BCUT2D eigenvalue weighted by Crippen LogP contribution is -2.31. The van der Waals surface area contributed by atoms with Crippen molar-refractivity contribution in [3.05, 3.63) is 82.6 Å². The normalized spacial score (nSPS) is 15.0. The Morgan fingerprint density at radius 2 is 1.56 bits per heavy atom. The summed E-state index contributed by atoms with van der Waals surface area (Å²) in [6, 6.07) is 21.5. The molecule has 4 nitrogen and oxygen atoms in total. The van der Waals surface area contributed by atoms with E-state index in [2.05, 4.69) is 34.3 Å². The van der Waals surface area contributed by atoms with Crippen LogP contribution in [0.3, 0.4) is 0 Å². The molecule has 0 spiro atoms. The number of likely N-dealkylation sites (tertiary alicyclic amines) is 1. The molecule has 1 aliphatic heterocycles. The van der Waals surface area contributed by atoms with Crippen LogP contribution in [0.5, 0.6) is 0 Å². The Morgan fingerprint density at radius 3 is 2.30 bits per heavy atom. The zero-order chi connectivity index (χ0) is 18.5. The fourth-order valence-electron chi connectivity index (χ4n) is 3.63. The van der Waals surface area contributed by atoms with Crippen LogP contribution in [0.25, 0.3) is 16.9 Å². The number of hydrogen-bond acceptors (Lipinski definition) is 3. The number of aromatic nitrogens is 2. The summed E-state index contributed by atoms with van der Waals surface area (Å²) >= 11 is 0. The highest BCUT2D eigenvalue weighted by atomic mass is 16.1. The molecule has 4 heteroatoms. The van der Waals surface area contributed by atoms with E-state index in [1.54, 1.807) is 12.1 Å². The summed E-state index contributed by atoms with van der Waals surface area (Å²) < 4.78 is 1.46. The van der Waals surface area contributed by atoms with Crippen LogP contribution in [0.4, 0.5) is 0 Å². The molecule has 2 heterocycles. The standard InChI is InChI=1S/C23H25N3O/c27-23-14-13-22(24-26(23)21-7-3-1-4-8-21)20-11-9-19(10-12-20)15-18-25-16-5-2-6-17-25/h1,3-4,7-14H,2,5-6,15-18H2. The van der Waals surface area contributed by atoms with E-state index >= 15 is 0 Å². The maximum absolute atomic E-state index is 12.2. The number of nitrogens with zero attached hydrogens (tertiary/aromatic N) is 3. The number of rotatable bonds is 5. The molecule has 1 fully saturated rings. The lowest BCUT2D eigenvalue weighted by atomic mass is 10.1. The molecule has 0 saturated carbocycles. The Kier molecular flexibility index (Phi) is 5.45. The zero-order valence-corrected chi connectivity index (χ0v) is 15.6. The minimum absolute atomic E-state index is 0.122. The van der Waals surface area contributed by atoms with Gasteiger partial charge in [-0.1, -0.05) is 48.9 Å². The fourth-order valence-corrected chi connectivity index (χ4v) is 3.63. The summed E-state index contributed by atoms with van der Waals surface area (Å²) in [5, 5.41) is 4.56. The Bertz CT molecular complexity index is 926. The van der Waals surface area contributed by atoms with Gasteiger partial charge in [0.1, 0.15) is 0 Å². The third kappa shape index (κ3) is 4.34. The predicted octanol–water partition coefficient (Wildman–Crippen LogP) is 3.93. The largest absolute Gasteiger partial charge is 0.303 e.